The summed E-state index contributed by atoms with van der Waals surface area (Å²) in [6.07, 6.45) is 2.24. The third-order valence-electron chi connectivity index (χ3n) is 4.45. The van der Waals surface area contributed by atoms with Gasteiger partial charge in [-0.2, -0.15) is 0 Å². The van der Waals surface area contributed by atoms with E-state index in [1.54, 1.807) is 6.07 Å². The van der Waals surface area contributed by atoms with Crippen molar-refractivity contribution in [1.82, 2.24) is 0 Å². The van der Waals surface area contributed by atoms with Crippen molar-refractivity contribution in [2.75, 3.05) is 0 Å². The fourth-order valence-electron chi connectivity index (χ4n) is 3.56. The van der Waals surface area contributed by atoms with Gasteiger partial charge in [0.05, 0.1) is 0 Å². The van der Waals surface area contributed by atoms with Crippen molar-refractivity contribution < 1.29 is 9.90 Å². The van der Waals surface area contributed by atoms with Gasteiger partial charge in [-0.25, -0.2) is 0 Å². The van der Waals surface area contributed by atoms with Crippen molar-refractivity contribution in [3.05, 3.63) is 35.9 Å². The zero-order chi connectivity index (χ0) is 12.2. The van der Waals surface area contributed by atoms with Crippen molar-refractivity contribution in [3.63, 3.8) is 0 Å². The maximum Gasteiger partial charge on any atom is 0.139 e. The van der Waals surface area contributed by atoms with Crippen molar-refractivity contribution in [2.45, 2.75) is 32.1 Å². The number of rotatable bonds is 0. The lowest BCUT2D eigenvalue weighted by atomic mass is 9.65. The van der Waals surface area contributed by atoms with Crippen molar-refractivity contribution in [1.29, 1.82) is 0 Å². The lowest BCUT2D eigenvalue weighted by Gasteiger charge is -2.37. The Balaban J connectivity index is 2.24. The number of aromatic hydroxyl groups is 1. The van der Waals surface area contributed by atoms with Crippen LogP contribution in [0.2, 0.25) is 0 Å². The van der Waals surface area contributed by atoms with Gasteiger partial charge in [0.25, 0.3) is 0 Å². The first-order valence-electron chi connectivity index (χ1n) is 6.07. The Morgan fingerprint density at radius 3 is 3.00 bits per heavy atom. The Labute approximate surface area is 101 Å². The van der Waals surface area contributed by atoms with Gasteiger partial charge in [0, 0.05) is 17.4 Å². The van der Waals surface area contributed by atoms with Crippen LogP contribution in [0.25, 0.3) is 5.57 Å². The van der Waals surface area contributed by atoms with E-state index in [9.17, 15) is 9.90 Å². The van der Waals surface area contributed by atoms with Crippen LogP contribution in [0.4, 0.5) is 0 Å². The Morgan fingerprint density at radius 2 is 2.24 bits per heavy atom. The topological polar surface area (TPSA) is 37.3 Å². The molecule has 1 aromatic rings. The SMILES string of the molecule is C=C1C[C@]2(C)C(=O)CC[C@H]2c2cccc(O)c21. The van der Waals surface area contributed by atoms with Gasteiger partial charge < -0.3 is 5.11 Å². The van der Waals surface area contributed by atoms with E-state index >= 15 is 0 Å². The van der Waals surface area contributed by atoms with E-state index in [1.807, 2.05) is 19.1 Å². The fraction of sp³-hybridized carbons (Fsp3) is 0.400. The van der Waals surface area contributed by atoms with Gasteiger partial charge >= 0.3 is 0 Å². The smallest absolute Gasteiger partial charge is 0.139 e. The summed E-state index contributed by atoms with van der Waals surface area (Å²) in [5, 5.41) is 9.95. The zero-order valence-electron chi connectivity index (χ0n) is 9.99. The van der Waals surface area contributed by atoms with E-state index in [0.717, 1.165) is 23.1 Å². The summed E-state index contributed by atoms with van der Waals surface area (Å²) in [5.74, 6) is 0.897. The van der Waals surface area contributed by atoms with Crippen molar-refractivity contribution >= 4 is 11.4 Å². The summed E-state index contributed by atoms with van der Waals surface area (Å²) < 4.78 is 0. The van der Waals surface area contributed by atoms with Crippen LogP contribution in [0, 0.1) is 5.41 Å². The molecule has 0 spiro atoms. The molecule has 17 heavy (non-hydrogen) atoms. The third-order valence-corrected chi connectivity index (χ3v) is 4.45. The van der Waals surface area contributed by atoms with Crippen LogP contribution in [0.3, 0.4) is 0 Å². The Hall–Kier alpha value is -1.57. The normalized spacial score (nSPS) is 31.2. The second-order valence-corrected chi connectivity index (χ2v) is 5.45. The highest BCUT2D eigenvalue weighted by Crippen LogP contribution is 2.57. The molecule has 0 unspecified atom stereocenters. The number of phenols is 1. The number of fused-ring (bicyclic) bond motifs is 3. The van der Waals surface area contributed by atoms with Crippen LogP contribution < -0.4 is 0 Å². The highest BCUT2D eigenvalue weighted by Gasteiger charge is 2.50. The minimum absolute atomic E-state index is 0.252. The summed E-state index contributed by atoms with van der Waals surface area (Å²) in [6, 6.07) is 5.58. The monoisotopic (exact) mass is 228 g/mol. The number of ketones is 1. The summed E-state index contributed by atoms with van der Waals surface area (Å²) >= 11 is 0. The van der Waals surface area contributed by atoms with E-state index in [-0.39, 0.29) is 11.3 Å². The van der Waals surface area contributed by atoms with Gasteiger partial charge in [-0.3, -0.25) is 4.79 Å². The van der Waals surface area contributed by atoms with Crippen molar-refractivity contribution in [3.8, 4) is 5.75 Å². The highest BCUT2D eigenvalue weighted by atomic mass is 16.3. The first-order chi connectivity index (χ1) is 8.04. The maximum atomic E-state index is 12.1. The average Bonchev–Trinajstić information content (AvgIpc) is 2.55. The van der Waals surface area contributed by atoms with Gasteiger partial charge in [0.1, 0.15) is 11.5 Å². The average molecular weight is 228 g/mol. The number of hydrogen-bond donors (Lipinski definition) is 1. The molecule has 2 nitrogen and oxygen atoms in total. The quantitative estimate of drug-likeness (QED) is 0.740. The van der Waals surface area contributed by atoms with E-state index in [0.29, 0.717) is 24.4 Å². The number of carbonyl (C=O) groups excluding carboxylic acids is 1. The largest absolute Gasteiger partial charge is 0.507 e. The zero-order valence-corrected chi connectivity index (χ0v) is 9.99. The second-order valence-electron chi connectivity index (χ2n) is 5.45. The summed E-state index contributed by atoms with van der Waals surface area (Å²) in [6.45, 7) is 6.09. The molecule has 2 atom stereocenters. The van der Waals surface area contributed by atoms with Crippen molar-refractivity contribution in [2.24, 2.45) is 5.41 Å². The molecule has 2 aliphatic rings. The predicted molar refractivity (Wildman–Crippen MR) is 66.8 cm³/mol. The minimum atomic E-state index is -0.294. The molecule has 1 aromatic carbocycles. The first kappa shape index (κ1) is 10.6. The van der Waals surface area contributed by atoms with Gasteiger partial charge in [-0.05, 0) is 36.0 Å². The molecule has 0 aliphatic heterocycles. The van der Waals surface area contributed by atoms with Crippen LogP contribution in [-0.2, 0) is 4.79 Å². The molecule has 0 bridgehead atoms. The Morgan fingerprint density at radius 1 is 1.47 bits per heavy atom. The molecule has 88 valence electrons. The van der Waals surface area contributed by atoms with Crippen LogP contribution in [0.15, 0.2) is 24.8 Å². The fourth-order valence-corrected chi connectivity index (χ4v) is 3.56. The lowest BCUT2D eigenvalue weighted by Crippen LogP contribution is -2.31. The highest BCUT2D eigenvalue weighted by molar-refractivity contribution is 5.92. The number of allylic oxidation sites excluding steroid dienone is 1. The standard InChI is InChI=1S/C15H16O2/c1-9-8-15(2)11(6-7-13(15)17)10-4-3-5-12(16)14(9)10/h3-5,11,16H,1,6-8H2,2H3/t11-,15-/m0/s1. The molecule has 0 radical (unpaired) electrons. The van der Waals surface area contributed by atoms with E-state index in [4.69, 9.17) is 0 Å². The second kappa shape index (κ2) is 3.22. The van der Waals surface area contributed by atoms with Crippen LogP contribution in [0.5, 0.6) is 5.75 Å². The van der Waals surface area contributed by atoms with E-state index in [1.165, 1.54) is 0 Å². The number of benzene rings is 1. The summed E-state index contributed by atoms with van der Waals surface area (Å²) in [7, 11) is 0. The molecular formula is C15H16O2. The summed E-state index contributed by atoms with van der Waals surface area (Å²) in [4.78, 5) is 12.1. The molecule has 1 saturated carbocycles. The first-order valence-corrected chi connectivity index (χ1v) is 6.07. The van der Waals surface area contributed by atoms with Gasteiger partial charge in [-0.1, -0.05) is 25.6 Å². The summed E-state index contributed by atoms with van der Waals surface area (Å²) in [5.41, 5.74) is 2.59. The molecule has 0 heterocycles. The molecule has 2 aliphatic carbocycles. The van der Waals surface area contributed by atoms with Gasteiger partial charge in [0.15, 0.2) is 0 Å². The lowest BCUT2D eigenvalue weighted by molar-refractivity contribution is -0.125. The molecule has 3 rings (SSSR count). The third kappa shape index (κ3) is 1.24. The molecule has 1 N–H and O–H groups in total. The van der Waals surface area contributed by atoms with Crippen LogP contribution in [0.1, 0.15) is 43.2 Å². The van der Waals surface area contributed by atoms with Gasteiger partial charge in [-0.15, -0.1) is 0 Å². The number of hydrogen-bond acceptors (Lipinski definition) is 2. The molecule has 0 amide bonds. The molecule has 0 saturated heterocycles. The van der Waals surface area contributed by atoms with Crippen LogP contribution in [-0.4, -0.2) is 10.9 Å². The molecular weight excluding hydrogens is 212 g/mol. The van der Waals surface area contributed by atoms with Crippen LogP contribution >= 0.6 is 0 Å². The maximum absolute atomic E-state index is 12.1. The molecule has 2 heteroatoms. The minimum Gasteiger partial charge on any atom is -0.507 e. The molecule has 0 aromatic heterocycles. The number of phenolic OH excluding ortho intramolecular Hbond substituents is 1. The Bertz CT molecular complexity index is 530. The van der Waals surface area contributed by atoms with Gasteiger partial charge in [0.2, 0.25) is 0 Å². The molecule has 1 fully saturated rings. The number of Topliss-reactive ketones (excluding diaryl/α,β-unsaturated/α-hetero) is 1. The predicted octanol–water partition coefficient (Wildman–Crippen LogP) is 3.26. The van der Waals surface area contributed by atoms with E-state index in [2.05, 4.69) is 6.58 Å². The van der Waals surface area contributed by atoms with E-state index < -0.39 is 0 Å². The number of carbonyl (C=O) groups is 1. The Kier molecular flexibility index (Phi) is 2.00.